The van der Waals surface area contributed by atoms with Crippen molar-refractivity contribution in [3.63, 3.8) is 0 Å². The molecule has 106 valence electrons. The molecule has 4 fully saturated rings. The fraction of sp³-hybridized carbons (Fsp3) is 0.733. The minimum Gasteiger partial charge on any atom is -0.481 e. The highest BCUT2D eigenvalue weighted by Crippen LogP contribution is 2.56. The highest BCUT2D eigenvalue weighted by atomic mass is 16.4. The lowest BCUT2D eigenvalue weighted by Gasteiger charge is -2.52. The molecule has 4 aliphatic rings. The van der Waals surface area contributed by atoms with E-state index in [-0.39, 0.29) is 11.5 Å². The van der Waals surface area contributed by atoms with Gasteiger partial charge in [0.05, 0.1) is 5.92 Å². The van der Waals surface area contributed by atoms with E-state index in [4.69, 9.17) is 10.2 Å². The summed E-state index contributed by atoms with van der Waals surface area (Å²) in [7, 11) is 0. The fourth-order valence-corrected chi connectivity index (χ4v) is 4.33. The van der Waals surface area contributed by atoms with Crippen molar-refractivity contribution in [1.82, 2.24) is 0 Å². The summed E-state index contributed by atoms with van der Waals surface area (Å²) in [5, 5.41) is 17.0. The quantitative estimate of drug-likeness (QED) is 0.754. The third-order valence-electron chi connectivity index (χ3n) is 4.88. The van der Waals surface area contributed by atoms with Crippen molar-refractivity contribution in [3.8, 4) is 0 Å². The smallest absolute Gasteiger partial charge is 0.330 e. The van der Waals surface area contributed by atoms with Crippen molar-refractivity contribution in [2.75, 3.05) is 0 Å². The van der Waals surface area contributed by atoms with Gasteiger partial charge in [0.1, 0.15) is 0 Å². The van der Waals surface area contributed by atoms with Crippen LogP contribution < -0.4 is 0 Å². The van der Waals surface area contributed by atoms with Crippen LogP contribution in [0.2, 0.25) is 0 Å². The van der Waals surface area contributed by atoms with E-state index in [1.807, 2.05) is 0 Å². The lowest BCUT2D eigenvalue weighted by molar-refractivity contribution is -0.155. The van der Waals surface area contributed by atoms with Crippen molar-refractivity contribution >= 4 is 11.9 Å². The highest BCUT2D eigenvalue weighted by Gasteiger charge is 2.50. The number of carbonyl (C=O) groups is 2. The van der Waals surface area contributed by atoms with Gasteiger partial charge in [-0.3, -0.25) is 4.79 Å². The molecule has 0 saturated heterocycles. The Morgan fingerprint density at radius 2 is 1.32 bits per heavy atom. The van der Waals surface area contributed by atoms with E-state index in [9.17, 15) is 9.59 Å². The summed E-state index contributed by atoms with van der Waals surface area (Å²) in [5.74, 6) is 1.41. The average molecular weight is 266 g/mol. The van der Waals surface area contributed by atoms with Gasteiger partial charge >= 0.3 is 11.9 Å². The number of carboxylic acids is 2. The molecule has 0 spiro atoms. The minimum absolute atomic E-state index is 0.0211. The third-order valence-corrected chi connectivity index (χ3v) is 4.88. The van der Waals surface area contributed by atoms with Crippen LogP contribution in [0.25, 0.3) is 0 Å². The Bertz CT molecular complexity index is 359. The van der Waals surface area contributed by atoms with Gasteiger partial charge in [0.25, 0.3) is 0 Å². The molecule has 0 radical (unpaired) electrons. The Labute approximate surface area is 113 Å². The van der Waals surface area contributed by atoms with Crippen LogP contribution in [0, 0.1) is 29.6 Å². The largest absolute Gasteiger partial charge is 0.481 e. The standard InChI is InChI=1S/C11H16O2.C4H6O2/c12-11(13)10-8-2-6-1-7(4-8)5-9(10)3-6;1-3(2)4(5)6/h6-10H,1-5H2,(H,12,13);1H2,2H3,(H,5,6). The zero-order valence-corrected chi connectivity index (χ0v) is 11.3. The van der Waals surface area contributed by atoms with Crippen LogP contribution in [-0.4, -0.2) is 22.2 Å². The third kappa shape index (κ3) is 2.99. The Hall–Kier alpha value is -1.32. The van der Waals surface area contributed by atoms with E-state index < -0.39 is 11.9 Å². The van der Waals surface area contributed by atoms with Crippen molar-refractivity contribution in [3.05, 3.63) is 12.2 Å². The van der Waals surface area contributed by atoms with Gasteiger partial charge in [-0.1, -0.05) is 6.58 Å². The average Bonchev–Trinajstić information content (AvgIpc) is 2.27. The first-order chi connectivity index (χ1) is 8.88. The van der Waals surface area contributed by atoms with Crippen molar-refractivity contribution < 1.29 is 19.8 Å². The van der Waals surface area contributed by atoms with E-state index in [0.717, 1.165) is 11.8 Å². The number of aliphatic carboxylic acids is 2. The molecule has 0 atom stereocenters. The molecular formula is C15H22O4. The van der Waals surface area contributed by atoms with Crippen LogP contribution >= 0.6 is 0 Å². The highest BCUT2D eigenvalue weighted by molar-refractivity contribution is 5.84. The lowest BCUT2D eigenvalue weighted by atomic mass is 9.52. The summed E-state index contributed by atoms with van der Waals surface area (Å²) < 4.78 is 0. The number of carboxylic acid groups (broad SMARTS) is 2. The molecule has 2 N–H and O–H groups in total. The monoisotopic (exact) mass is 266 g/mol. The van der Waals surface area contributed by atoms with E-state index in [1.165, 1.54) is 39.0 Å². The molecule has 4 heteroatoms. The predicted molar refractivity (Wildman–Crippen MR) is 70.6 cm³/mol. The van der Waals surface area contributed by atoms with Gasteiger partial charge in [-0.05, 0) is 62.7 Å². The Morgan fingerprint density at radius 1 is 0.947 bits per heavy atom. The van der Waals surface area contributed by atoms with Gasteiger partial charge < -0.3 is 10.2 Å². The maximum Gasteiger partial charge on any atom is 0.330 e. The van der Waals surface area contributed by atoms with E-state index in [0.29, 0.717) is 11.8 Å². The summed E-state index contributed by atoms with van der Waals surface area (Å²) in [6.07, 6.45) is 6.25. The second-order valence-electron chi connectivity index (χ2n) is 6.38. The molecule has 0 aromatic carbocycles. The van der Waals surface area contributed by atoms with Crippen LogP contribution in [0.15, 0.2) is 12.2 Å². The summed E-state index contributed by atoms with van der Waals surface area (Å²) >= 11 is 0. The van der Waals surface area contributed by atoms with E-state index in [1.54, 1.807) is 0 Å². The Kier molecular flexibility index (Phi) is 3.97. The van der Waals surface area contributed by atoms with Gasteiger partial charge in [0.2, 0.25) is 0 Å². The summed E-state index contributed by atoms with van der Waals surface area (Å²) in [5.41, 5.74) is 0.176. The first kappa shape index (κ1) is 14.1. The van der Waals surface area contributed by atoms with Gasteiger partial charge in [0.15, 0.2) is 0 Å². The molecule has 0 aromatic rings. The summed E-state index contributed by atoms with van der Waals surface area (Å²) in [4.78, 5) is 20.7. The zero-order valence-electron chi connectivity index (χ0n) is 11.3. The lowest BCUT2D eigenvalue weighted by Crippen LogP contribution is -2.47. The fourth-order valence-electron chi connectivity index (χ4n) is 4.33. The topological polar surface area (TPSA) is 74.6 Å². The SMILES string of the molecule is C=C(C)C(=O)O.O=C(O)C1C2CC3CC(C2)CC1C3. The Balaban J connectivity index is 0.000000192. The molecule has 4 saturated carbocycles. The molecule has 0 unspecified atom stereocenters. The van der Waals surface area contributed by atoms with Crippen molar-refractivity contribution in [2.45, 2.75) is 39.0 Å². The maximum absolute atomic E-state index is 11.1. The van der Waals surface area contributed by atoms with Crippen LogP contribution in [0.3, 0.4) is 0 Å². The van der Waals surface area contributed by atoms with Gasteiger partial charge in [0, 0.05) is 5.57 Å². The molecule has 4 bridgehead atoms. The molecule has 4 aliphatic carbocycles. The second kappa shape index (κ2) is 5.35. The first-order valence-corrected chi connectivity index (χ1v) is 7.00. The summed E-state index contributed by atoms with van der Waals surface area (Å²) in [6.45, 7) is 4.60. The van der Waals surface area contributed by atoms with Gasteiger partial charge in [-0.15, -0.1) is 0 Å². The number of rotatable bonds is 2. The molecule has 0 amide bonds. The van der Waals surface area contributed by atoms with Crippen LogP contribution in [0.1, 0.15) is 39.0 Å². The zero-order chi connectivity index (χ0) is 14.2. The van der Waals surface area contributed by atoms with Crippen LogP contribution in [0.4, 0.5) is 0 Å². The van der Waals surface area contributed by atoms with Gasteiger partial charge in [-0.25, -0.2) is 4.79 Å². The molecule has 0 heterocycles. The number of hydrogen-bond donors (Lipinski definition) is 2. The van der Waals surface area contributed by atoms with E-state index >= 15 is 0 Å². The molecular weight excluding hydrogens is 244 g/mol. The number of hydrogen-bond acceptors (Lipinski definition) is 2. The molecule has 4 rings (SSSR count). The second-order valence-corrected chi connectivity index (χ2v) is 6.38. The molecule has 19 heavy (non-hydrogen) atoms. The molecule has 0 aliphatic heterocycles. The predicted octanol–water partition coefficient (Wildman–Crippen LogP) is 2.79. The van der Waals surface area contributed by atoms with Gasteiger partial charge in [-0.2, -0.15) is 0 Å². The molecule has 0 aromatic heterocycles. The van der Waals surface area contributed by atoms with Crippen molar-refractivity contribution in [1.29, 1.82) is 0 Å². The maximum atomic E-state index is 11.1. The molecule has 4 nitrogen and oxygen atoms in total. The summed E-state index contributed by atoms with van der Waals surface area (Å²) in [6, 6.07) is 0. The van der Waals surface area contributed by atoms with Crippen LogP contribution in [0.5, 0.6) is 0 Å². The Morgan fingerprint density at radius 3 is 1.58 bits per heavy atom. The normalized spacial score (nSPS) is 38.3. The van der Waals surface area contributed by atoms with E-state index in [2.05, 4.69) is 6.58 Å². The minimum atomic E-state index is -0.935. The van der Waals surface area contributed by atoms with Crippen LogP contribution in [-0.2, 0) is 9.59 Å². The van der Waals surface area contributed by atoms with Crippen molar-refractivity contribution in [2.24, 2.45) is 29.6 Å². The first-order valence-electron chi connectivity index (χ1n) is 7.00.